The molecule has 1 aromatic heterocycles. The van der Waals surface area contributed by atoms with Crippen LogP contribution in [0.4, 0.5) is 14.6 Å². The van der Waals surface area contributed by atoms with E-state index in [1.807, 2.05) is 0 Å². The van der Waals surface area contributed by atoms with Crippen molar-refractivity contribution in [1.29, 1.82) is 0 Å². The second-order valence-electron chi connectivity index (χ2n) is 6.76. The number of hydrogen-bond donors (Lipinski definition) is 1. The summed E-state index contributed by atoms with van der Waals surface area (Å²) in [6.07, 6.45) is -0.0209. The van der Waals surface area contributed by atoms with Gasteiger partial charge in [0.2, 0.25) is 5.91 Å². The summed E-state index contributed by atoms with van der Waals surface area (Å²) < 4.78 is 29.1. The average Bonchev–Trinajstić information content (AvgIpc) is 2.70. The van der Waals surface area contributed by atoms with Crippen LogP contribution in [0.1, 0.15) is 29.0 Å². The Morgan fingerprint density at radius 1 is 1.14 bits per heavy atom. The third-order valence-electron chi connectivity index (χ3n) is 4.86. The number of carbonyl (C=O) groups excluding carboxylic acids is 1. The van der Waals surface area contributed by atoms with E-state index in [1.165, 1.54) is 30.0 Å². The van der Waals surface area contributed by atoms with Crippen molar-refractivity contribution in [3.05, 3.63) is 87.2 Å². The summed E-state index contributed by atoms with van der Waals surface area (Å²) in [5, 5.41) is 3.14. The van der Waals surface area contributed by atoms with Gasteiger partial charge in [-0.15, -0.1) is 0 Å². The number of aromatic nitrogens is 2. The maximum absolute atomic E-state index is 14.4. The molecule has 1 aliphatic heterocycles. The van der Waals surface area contributed by atoms with Crippen LogP contribution in [0.3, 0.4) is 0 Å². The molecule has 0 saturated carbocycles. The molecule has 0 fully saturated rings. The lowest BCUT2D eigenvalue weighted by atomic mass is 9.86. The number of fused-ring (bicyclic) bond motifs is 1. The predicted octanol–water partition coefficient (Wildman–Crippen LogP) is 3.82. The van der Waals surface area contributed by atoms with Crippen molar-refractivity contribution in [2.45, 2.75) is 23.2 Å². The minimum Gasteiger partial charge on any atom is -0.312 e. The number of anilines is 1. The van der Waals surface area contributed by atoms with Crippen LogP contribution in [0.2, 0.25) is 0 Å². The van der Waals surface area contributed by atoms with Crippen molar-refractivity contribution in [1.82, 2.24) is 9.55 Å². The highest BCUT2D eigenvalue weighted by Crippen LogP contribution is 2.37. The zero-order valence-corrected chi connectivity index (χ0v) is 16.3. The molecule has 0 saturated heterocycles. The summed E-state index contributed by atoms with van der Waals surface area (Å²) >= 11 is 1.30. The normalized spacial score (nSPS) is 15.7. The van der Waals surface area contributed by atoms with Crippen LogP contribution < -0.4 is 10.9 Å². The van der Waals surface area contributed by atoms with Crippen molar-refractivity contribution in [2.75, 3.05) is 5.32 Å². The Labute approximate surface area is 169 Å². The number of nitrogens with one attached hydrogen (secondary N) is 1. The zero-order valence-electron chi connectivity index (χ0n) is 15.5. The average molecular weight is 413 g/mol. The van der Waals surface area contributed by atoms with E-state index in [1.54, 1.807) is 41.9 Å². The van der Waals surface area contributed by atoms with Crippen LogP contribution in [-0.2, 0) is 17.6 Å². The molecule has 5 nitrogen and oxygen atoms in total. The molecule has 1 N–H and O–H groups in total. The molecule has 29 heavy (non-hydrogen) atoms. The summed E-state index contributed by atoms with van der Waals surface area (Å²) in [5.41, 5.74) is 0.960. The predicted molar refractivity (Wildman–Crippen MR) is 107 cm³/mol. The summed E-state index contributed by atoms with van der Waals surface area (Å²) in [5.74, 6) is -0.959. The van der Waals surface area contributed by atoms with Crippen LogP contribution in [0.25, 0.3) is 0 Å². The third-order valence-corrected chi connectivity index (χ3v) is 5.96. The molecule has 0 aliphatic carbocycles. The molecule has 1 amide bonds. The fourth-order valence-corrected chi connectivity index (χ4v) is 4.34. The first-order valence-electron chi connectivity index (χ1n) is 8.96. The molecule has 148 valence electrons. The molecule has 1 aliphatic rings. The number of rotatable bonds is 4. The Hall–Kier alpha value is -3.00. The third kappa shape index (κ3) is 3.80. The number of benzene rings is 2. The lowest BCUT2D eigenvalue weighted by Gasteiger charge is -2.27. The van der Waals surface area contributed by atoms with Gasteiger partial charge in [0.25, 0.3) is 5.56 Å². The molecule has 1 unspecified atom stereocenters. The number of nitrogens with zero attached hydrogens (tertiary/aromatic N) is 2. The van der Waals surface area contributed by atoms with E-state index in [0.717, 1.165) is 5.56 Å². The van der Waals surface area contributed by atoms with Crippen LogP contribution >= 0.6 is 11.8 Å². The Morgan fingerprint density at radius 3 is 2.59 bits per heavy atom. The Balaban J connectivity index is 1.72. The van der Waals surface area contributed by atoms with Crippen molar-refractivity contribution >= 4 is 23.5 Å². The number of carbonyl (C=O) groups is 1. The minimum absolute atomic E-state index is 0.0209. The molecule has 0 bridgehead atoms. The second kappa shape index (κ2) is 7.79. The topological polar surface area (TPSA) is 64.0 Å². The highest BCUT2D eigenvalue weighted by atomic mass is 32.2. The molecule has 2 aromatic carbocycles. The smallest absolute Gasteiger partial charge is 0.279 e. The van der Waals surface area contributed by atoms with Gasteiger partial charge in [-0.2, -0.15) is 4.98 Å². The molecule has 0 radical (unpaired) electrons. The van der Waals surface area contributed by atoms with Gasteiger partial charge in [-0.3, -0.25) is 9.59 Å². The van der Waals surface area contributed by atoms with E-state index < -0.39 is 17.3 Å². The van der Waals surface area contributed by atoms with Gasteiger partial charge in [0, 0.05) is 25.1 Å². The van der Waals surface area contributed by atoms with Gasteiger partial charge in [-0.05, 0) is 29.3 Å². The SMILES string of the molecule is Cn1c(SCc2ccc(F)cc2)nc(=O)c2c1NC(=O)CC2c1ccccc1F. The minimum atomic E-state index is -0.692. The highest BCUT2D eigenvalue weighted by Gasteiger charge is 2.33. The first-order chi connectivity index (χ1) is 13.9. The molecule has 1 atom stereocenters. The van der Waals surface area contributed by atoms with Crippen molar-refractivity contribution in [2.24, 2.45) is 7.05 Å². The summed E-state index contributed by atoms with van der Waals surface area (Å²) in [6, 6.07) is 12.2. The first kappa shape index (κ1) is 19.3. The fourth-order valence-electron chi connectivity index (χ4n) is 3.42. The molecular formula is C21H17F2N3O2S. The van der Waals surface area contributed by atoms with Gasteiger partial charge in [-0.1, -0.05) is 42.1 Å². The van der Waals surface area contributed by atoms with Crippen LogP contribution in [0.15, 0.2) is 58.5 Å². The maximum atomic E-state index is 14.4. The van der Waals surface area contributed by atoms with Gasteiger partial charge in [0.1, 0.15) is 17.5 Å². The Bertz CT molecular complexity index is 1150. The van der Waals surface area contributed by atoms with Crippen LogP contribution in [0, 0.1) is 11.6 Å². The van der Waals surface area contributed by atoms with E-state index in [9.17, 15) is 18.4 Å². The molecule has 2 heterocycles. The number of thioether (sulfide) groups is 1. The van der Waals surface area contributed by atoms with Gasteiger partial charge >= 0.3 is 0 Å². The quantitative estimate of drug-likeness (QED) is 0.522. The van der Waals surface area contributed by atoms with Gasteiger partial charge in [-0.25, -0.2) is 8.78 Å². The molecular weight excluding hydrogens is 396 g/mol. The Kier molecular flexibility index (Phi) is 5.19. The maximum Gasteiger partial charge on any atom is 0.279 e. The zero-order chi connectivity index (χ0) is 20.5. The lowest BCUT2D eigenvalue weighted by Crippen LogP contribution is -2.33. The van der Waals surface area contributed by atoms with E-state index in [2.05, 4.69) is 10.3 Å². The van der Waals surface area contributed by atoms with Crippen LogP contribution in [0.5, 0.6) is 0 Å². The summed E-state index contributed by atoms with van der Waals surface area (Å²) in [6.45, 7) is 0. The molecule has 8 heteroatoms. The largest absolute Gasteiger partial charge is 0.312 e. The lowest BCUT2D eigenvalue weighted by molar-refractivity contribution is -0.116. The van der Waals surface area contributed by atoms with Gasteiger partial charge < -0.3 is 9.88 Å². The fraction of sp³-hybridized carbons (Fsp3) is 0.190. The first-order valence-corrected chi connectivity index (χ1v) is 9.95. The Morgan fingerprint density at radius 2 is 1.86 bits per heavy atom. The number of hydrogen-bond acceptors (Lipinski definition) is 4. The van der Waals surface area contributed by atoms with Crippen molar-refractivity contribution < 1.29 is 13.6 Å². The van der Waals surface area contributed by atoms with E-state index in [-0.39, 0.29) is 23.7 Å². The van der Waals surface area contributed by atoms with Gasteiger partial charge in [0.15, 0.2) is 5.16 Å². The van der Waals surface area contributed by atoms with Crippen LogP contribution in [-0.4, -0.2) is 15.5 Å². The van der Waals surface area contributed by atoms with E-state index in [0.29, 0.717) is 22.3 Å². The molecule has 4 rings (SSSR count). The van der Waals surface area contributed by atoms with Crippen molar-refractivity contribution in [3.8, 4) is 0 Å². The standard InChI is InChI=1S/C21H17F2N3O2S/c1-26-19-18(15(10-17(27)24-19)14-4-2-3-5-16(14)23)20(28)25-21(26)29-11-12-6-8-13(22)9-7-12/h2-9,15H,10-11H2,1H3,(H,24,27). The summed E-state index contributed by atoms with van der Waals surface area (Å²) in [4.78, 5) is 29.3. The number of halogens is 2. The molecule has 0 spiro atoms. The van der Waals surface area contributed by atoms with Crippen molar-refractivity contribution in [3.63, 3.8) is 0 Å². The van der Waals surface area contributed by atoms with E-state index >= 15 is 0 Å². The molecule has 3 aromatic rings. The number of amides is 1. The monoisotopic (exact) mass is 413 g/mol. The second-order valence-corrected chi connectivity index (χ2v) is 7.70. The summed E-state index contributed by atoms with van der Waals surface area (Å²) in [7, 11) is 1.70. The van der Waals surface area contributed by atoms with Gasteiger partial charge in [0.05, 0.1) is 5.56 Å². The highest BCUT2D eigenvalue weighted by molar-refractivity contribution is 7.98. The van der Waals surface area contributed by atoms with E-state index in [4.69, 9.17) is 0 Å².